The van der Waals surface area contributed by atoms with E-state index in [4.69, 9.17) is 0 Å². The van der Waals surface area contributed by atoms with Gasteiger partial charge in [0.1, 0.15) is 0 Å². The minimum Gasteiger partial charge on any atom is -0.336 e. The zero-order chi connectivity index (χ0) is 22.7. The van der Waals surface area contributed by atoms with E-state index >= 15 is 0 Å². The van der Waals surface area contributed by atoms with Crippen molar-refractivity contribution in [3.05, 3.63) is 106 Å². The highest BCUT2D eigenvalue weighted by atomic mass is 79.9. The summed E-state index contributed by atoms with van der Waals surface area (Å²) in [4.78, 5) is 16.8. The number of piperazine rings is 1. The lowest BCUT2D eigenvalue weighted by Crippen LogP contribution is -2.49. The molecule has 1 aliphatic heterocycles. The molecule has 3 aromatic rings. The van der Waals surface area contributed by atoms with E-state index in [1.165, 1.54) is 12.1 Å². The Morgan fingerprint density at radius 3 is 2.06 bits per heavy atom. The third-order valence-electron chi connectivity index (χ3n) is 5.70. The van der Waals surface area contributed by atoms with Gasteiger partial charge in [0.25, 0.3) is 5.91 Å². The minimum absolute atomic E-state index is 0.0371. The first-order valence-corrected chi connectivity index (χ1v) is 11.1. The second-order valence-electron chi connectivity index (χ2n) is 7.77. The number of alkyl halides is 3. The normalized spacial score (nSPS) is 16.1. The summed E-state index contributed by atoms with van der Waals surface area (Å²) in [5.41, 5.74) is 1.58. The summed E-state index contributed by atoms with van der Waals surface area (Å²) < 4.78 is 40.1. The molecule has 3 nitrogen and oxygen atoms in total. The lowest BCUT2D eigenvalue weighted by molar-refractivity contribution is -0.137. The van der Waals surface area contributed by atoms with Gasteiger partial charge < -0.3 is 4.90 Å². The van der Waals surface area contributed by atoms with Gasteiger partial charge in [-0.05, 0) is 41.5 Å². The number of hydrogen-bond acceptors (Lipinski definition) is 2. The fourth-order valence-corrected chi connectivity index (χ4v) is 4.35. The average molecular weight is 503 g/mol. The Bertz CT molecular complexity index is 1060. The summed E-state index contributed by atoms with van der Waals surface area (Å²) in [5.74, 6) is -0.365. The van der Waals surface area contributed by atoms with E-state index in [2.05, 4.69) is 45.1 Å². The predicted molar refractivity (Wildman–Crippen MR) is 121 cm³/mol. The number of benzene rings is 3. The van der Waals surface area contributed by atoms with Gasteiger partial charge in [-0.2, -0.15) is 13.2 Å². The molecule has 4 rings (SSSR count). The monoisotopic (exact) mass is 502 g/mol. The summed E-state index contributed by atoms with van der Waals surface area (Å²) in [6.45, 7) is 2.16. The molecule has 32 heavy (non-hydrogen) atoms. The first kappa shape index (κ1) is 22.6. The van der Waals surface area contributed by atoms with Crippen LogP contribution >= 0.6 is 15.9 Å². The van der Waals surface area contributed by atoms with Crippen LogP contribution in [0, 0.1) is 0 Å². The highest BCUT2D eigenvalue weighted by Crippen LogP contribution is 2.32. The van der Waals surface area contributed by atoms with Crippen molar-refractivity contribution >= 4 is 21.8 Å². The van der Waals surface area contributed by atoms with Gasteiger partial charge >= 0.3 is 6.18 Å². The van der Waals surface area contributed by atoms with Gasteiger partial charge in [0.05, 0.1) is 11.6 Å². The van der Waals surface area contributed by atoms with Crippen molar-refractivity contribution < 1.29 is 18.0 Å². The van der Waals surface area contributed by atoms with Crippen molar-refractivity contribution in [2.75, 3.05) is 26.2 Å². The van der Waals surface area contributed by atoms with Gasteiger partial charge in [-0.1, -0.05) is 64.5 Å². The number of rotatable bonds is 4. The van der Waals surface area contributed by atoms with E-state index in [-0.39, 0.29) is 17.5 Å². The van der Waals surface area contributed by atoms with Crippen LogP contribution < -0.4 is 0 Å². The molecule has 1 atom stereocenters. The summed E-state index contributed by atoms with van der Waals surface area (Å²) in [6, 6.07) is 23.1. The van der Waals surface area contributed by atoms with Crippen LogP contribution in [-0.2, 0) is 6.18 Å². The van der Waals surface area contributed by atoms with Crippen molar-refractivity contribution in [1.29, 1.82) is 0 Å². The van der Waals surface area contributed by atoms with E-state index in [1.807, 2.05) is 30.3 Å². The molecule has 0 spiro atoms. The lowest BCUT2D eigenvalue weighted by atomic mass is 9.96. The van der Waals surface area contributed by atoms with Gasteiger partial charge in [0.15, 0.2) is 0 Å². The fraction of sp³-hybridized carbons (Fsp3) is 0.240. The maximum absolute atomic E-state index is 13.0. The Morgan fingerprint density at radius 1 is 0.812 bits per heavy atom. The molecule has 1 amide bonds. The van der Waals surface area contributed by atoms with E-state index in [0.717, 1.165) is 27.7 Å². The third-order valence-corrected chi connectivity index (χ3v) is 6.23. The van der Waals surface area contributed by atoms with Crippen molar-refractivity contribution in [3.63, 3.8) is 0 Å². The summed E-state index contributed by atoms with van der Waals surface area (Å²) in [7, 11) is 0. The molecule has 1 heterocycles. The second kappa shape index (κ2) is 9.46. The highest BCUT2D eigenvalue weighted by molar-refractivity contribution is 9.10. The van der Waals surface area contributed by atoms with E-state index in [1.54, 1.807) is 4.90 Å². The third kappa shape index (κ3) is 5.05. The molecule has 0 saturated carbocycles. The fourth-order valence-electron chi connectivity index (χ4n) is 4.09. The maximum atomic E-state index is 13.0. The quantitative estimate of drug-likeness (QED) is 0.435. The summed E-state index contributed by atoms with van der Waals surface area (Å²) >= 11 is 3.48. The molecule has 3 aromatic carbocycles. The Morgan fingerprint density at radius 2 is 1.44 bits per heavy atom. The molecular formula is C25H22BrF3N2O. The van der Waals surface area contributed by atoms with E-state index in [9.17, 15) is 18.0 Å². The van der Waals surface area contributed by atoms with Crippen LogP contribution in [-0.4, -0.2) is 41.9 Å². The van der Waals surface area contributed by atoms with Crippen LogP contribution in [0.5, 0.6) is 0 Å². The lowest BCUT2D eigenvalue weighted by Gasteiger charge is -2.40. The van der Waals surface area contributed by atoms with Crippen LogP contribution in [0.4, 0.5) is 13.2 Å². The van der Waals surface area contributed by atoms with Gasteiger partial charge in [-0.15, -0.1) is 0 Å². The topological polar surface area (TPSA) is 23.6 Å². The molecule has 166 valence electrons. The molecule has 0 aliphatic carbocycles. The van der Waals surface area contributed by atoms with Crippen molar-refractivity contribution in [3.8, 4) is 0 Å². The molecular weight excluding hydrogens is 481 g/mol. The second-order valence-corrected chi connectivity index (χ2v) is 8.69. The van der Waals surface area contributed by atoms with Gasteiger partial charge in [-0.25, -0.2) is 0 Å². The number of nitrogens with zero attached hydrogens (tertiary/aromatic N) is 2. The Kier molecular flexibility index (Phi) is 6.67. The van der Waals surface area contributed by atoms with Crippen molar-refractivity contribution in [2.24, 2.45) is 0 Å². The Hall–Kier alpha value is -2.64. The van der Waals surface area contributed by atoms with Crippen LogP contribution in [0.2, 0.25) is 0 Å². The maximum Gasteiger partial charge on any atom is 0.416 e. The molecule has 1 fully saturated rings. The Balaban J connectivity index is 1.51. The number of hydrogen-bond donors (Lipinski definition) is 0. The van der Waals surface area contributed by atoms with Gasteiger partial charge in [-0.3, -0.25) is 9.69 Å². The molecule has 0 bridgehead atoms. The van der Waals surface area contributed by atoms with Crippen LogP contribution in [0.1, 0.15) is 33.1 Å². The van der Waals surface area contributed by atoms with Crippen LogP contribution in [0.3, 0.4) is 0 Å². The molecule has 7 heteroatoms. The molecule has 0 radical (unpaired) electrons. The highest BCUT2D eigenvalue weighted by Gasteiger charge is 2.32. The van der Waals surface area contributed by atoms with Gasteiger partial charge in [0, 0.05) is 36.2 Å². The standard InChI is InChI=1S/C25H22BrF3N2O/c26-22-11-9-19(10-12-22)23(18-5-2-1-3-6-18)30-13-15-31(16-14-30)24(32)20-7-4-8-21(17-20)25(27,28)29/h1-12,17,23H,13-16H2/t23-/m1/s1. The molecule has 0 unspecified atom stereocenters. The zero-order valence-corrected chi connectivity index (χ0v) is 18.8. The first-order chi connectivity index (χ1) is 15.3. The van der Waals surface area contributed by atoms with Crippen molar-refractivity contribution in [1.82, 2.24) is 9.80 Å². The molecule has 0 N–H and O–H groups in total. The number of carbonyl (C=O) groups excluding carboxylic acids is 1. The number of amides is 1. The predicted octanol–water partition coefficient (Wildman–Crippen LogP) is 6.02. The first-order valence-electron chi connectivity index (χ1n) is 10.3. The molecule has 1 saturated heterocycles. The van der Waals surface area contributed by atoms with Crippen LogP contribution in [0.25, 0.3) is 0 Å². The van der Waals surface area contributed by atoms with Gasteiger partial charge in [0.2, 0.25) is 0 Å². The smallest absolute Gasteiger partial charge is 0.336 e. The largest absolute Gasteiger partial charge is 0.416 e. The number of halogens is 4. The minimum atomic E-state index is -4.47. The number of carbonyl (C=O) groups is 1. The van der Waals surface area contributed by atoms with E-state index < -0.39 is 11.7 Å². The van der Waals surface area contributed by atoms with E-state index in [0.29, 0.717) is 26.2 Å². The Labute approximate surface area is 193 Å². The van der Waals surface area contributed by atoms with Crippen molar-refractivity contribution in [2.45, 2.75) is 12.2 Å². The zero-order valence-electron chi connectivity index (χ0n) is 17.2. The summed E-state index contributed by atoms with van der Waals surface area (Å²) in [5, 5.41) is 0. The average Bonchev–Trinajstić information content (AvgIpc) is 2.81. The van der Waals surface area contributed by atoms with Crippen LogP contribution in [0.15, 0.2) is 83.3 Å². The molecule has 1 aliphatic rings. The summed E-state index contributed by atoms with van der Waals surface area (Å²) in [6.07, 6.45) is -4.47. The SMILES string of the molecule is O=C(c1cccc(C(F)(F)F)c1)N1CCN([C@H](c2ccccc2)c2ccc(Br)cc2)CC1. The molecule has 0 aromatic heterocycles.